The number of hydrogen-bond acceptors (Lipinski definition) is 1. The van der Waals surface area contributed by atoms with Crippen LogP contribution in [0.3, 0.4) is 0 Å². The Morgan fingerprint density at radius 2 is 1.68 bits per heavy atom. The molecule has 0 aromatic carbocycles. The zero-order valence-corrected chi connectivity index (χ0v) is 13.5. The summed E-state index contributed by atoms with van der Waals surface area (Å²) in [6.45, 7) is 10.5. The fourth-order valence-corrected chi connectivity index (χ4v) is 1.84. The Bertz CT molecular complexity index is 330. The molecule has 0 saturated heterocycles. The molecular weight excluding hydrogens is 258 g/mol. The molecular formula is C16H28ClNO. The van der Waals surface area contributed by atoms with Crippen LogP contribution in [0.2, 0.25) is 0 Å². The molecule has 1 aromatic heterocycles. The maximum atomic E-state index is 5.65. The van der Waals surface area contributed by atoms with Crippen molar-refractivity contribution in [3.05, 3.63) is 30.1 Å². The molecule has 0 amide bonds. The third kappa shape index (κ3) is 7.54. The maximum absolute atomic E-state index is 5.65. The van der Waals surface area contributed by atoms with Gasteiger partial charge in [-0.05, 0) is 17.4 Å². The number of rotatable bonds is 7. The van der Waals surface area contributed by atoms with Gasteiger partial charge in [-0.25, -0.2) is 0 Å². The molecule has 0 aliphatic rings. The number of halogens is 1. The van der Waals surface area contributed by atoms with Crippen molar-refractivity contribution in [3.8, 4) is 0 Å². The fraction of sp³-hybridized carbons (Fsp3) is 0.688. The molecule has 1 aromatic rings. The molecule has 3 heteroatoms. The largest absolute Gasteiger partial charge is 1.00 e. The molecule has 0 N–H and O–H groups in total. The van der Waals surface area contributed by atoms with Crippen LogP contribution in [-0.2, 0) is 16.9 Å². The molecule has 0 fully saturated rings. The van der Waals surface area contributed by atoms with Gasteiger partial charge in [0.05, 0.1) is 6.61 Å². The van der Waals surface area contributed by atoms with E-state index in [4.69, 9.17) is 4.74 Å². The predicted octanol–water partition coefficient (Wildman–Crippen LogP) is 0.830. The van der Waals surface area contributed by atoms with Gasteiger partial charge >= 0.3 is 0 Å². The van der Waals surface area contributed by atoms with Crippen LogP contribution in [0.5, 0.6) is 0 Å². The molecule has 0 bridgehead atoms. The van der Waals surface area contributed by atoms with Crippen LogP contribution in [-0.4, -0.2) is 6.61 Å². The van der Waals surface area contributed by atoms with Crippen molar-refractivity contribution in [3.63, 3.8) is 0 Å². The first kappa shape index (κ1) is 18.4. The van der Waals surface area contributed by atoms with Crippen molar-refractivity contribution in [1.29, 1.82) is 0 Å². The summed E-state index contributed by atoms with van der Waals surface area (Å²) in [4.78, 5) is 0. The van der Waals surface area contributed by atoms with Crippen molar-refractivity contribution in [2.75, 3.05) is 6.61 Å². The summed E-state index contributed by atoms with van der Waals surface area (Å²) in [5.74, 6) is 0. The van der Waals surface area contributed by atoms with E-state index >= 15 is 0 Å². The molecule has 0 radical (unpaired) electrons. The van der Waals surface area contributed by atoms with E-state index in [1.54, 1.807) is 0 Å². The molecule has 0 atom stereocenters. The van der Waals surface area contributed by atoms with Gasteiger partial charge in [-0.15, -0.1) is 0 Å². The summed E-state index contributed by atoms with van der Waals surface area (Å²) in [5.41, 5.74) is 1.59. The fourth-order valence-electron chi connectivity index (χ4n) is 1.84. The Hall–Kier alpha value is -0.600. The zero-order valence-electron chi connectivity index (χ0n) is 12.8. The summed E-state index contributed by atoms with van der Waals surface area (Å²) in [6, 6.07) is 4.36. The summed E-state index contributed by atoms with van der Waals surface area (Å²) < 4.78 is 7.75. The van der Waals surface area contributed by atoms with Crippen LogP contribution in [0.15, 0.2) is 24.5 Å². The van der Waals surface area contributed by atoms with Crippen LogP contribution in [0.4, 0.5) is 0 Å². The van der Waals surface area contributed by atoms with Gasteiger partial charge in [0.2, 0.25) is 0 Å². The van der Waals surface area contributed by atoms with Crippen molar-refractivity contribution in [2.45, 2.75) is 65.5 Å². The van der Waals surface area contributed by atoms with Gasteiger partial charge in [0.25, 0.3) is 6.73 Å². The molecule has 19 heavy (non-hydrogen) atoms. The highest BCUT2D eigenvalue weighted by Gasteiger charge is 2.14. The molecule has 2 nitrogen and oxygen atoms in total. The highest BCUT2D eigenvalue weighted by Crippen LogP contribution is 2.20. The van der Waals surface area contributed by atoms with Crippen LogP contribution in [0.25, 0.3) is 0 Å². The van der Waals surface area contributed by atoms with Gasteiger partial charge in [0.1, 0.15) is 0 Å². The quantitative estimate of drug-likeness (QED) is 0.534. The van der Waals surface area contributed by atoms with Crippen LogP contribution in [0.1, 0.15) is 58.9 Å². The van der Waals surface area contributed by atoms with Gasteiger partial charge in [-0.3, -0.25) is 0 Å². The van der Waals surface area contributed by atoms with Crippen LogP contribution < -0.4 is 17.0 Å². The number of aromatic nitrogens is 1. The van der Waals surface area contributed by atoms with Gasteiger partial charge in [0.15, 0.2) is 12.4 Å². The van der Waals surface area contributed by atoms with Crippen molar-refractivity contribution in [1.82, 2.24) is 0 Å². The summed E-state index contributed by atoms with van der Waals surface area (Å²) in [5, 5.41) is 0. The molecule has 1 rings (SSSR count). The second-order valence-corrected chi connectivity index (χ2v) is 5.95. The van der Waals surface area contributed by atoms with E-state index in [0.29, 0.717) is 6.73 Å². The molecule has 0 aliphatic heterocycles. The number of hydrogen-bond donors (Lipinski definition) is 0. The first-order valence-electron chi connectivity index (χ1n) is 7.11. The average molecular weight is 286 g/mol. The van der Waals surface area contributed by atoms with Gasteiger partial charge in [-0.1, -0.05) is 47.0 Å². The number of pyridine rings is 1. The topological polar surface area (TPSA) is 13.1 Å². The minimum absolute atomic E-state index is 0. The molecule has 0 aliphatic carbocycles. The molecule has 110 valence electrons. The number of ether oxygens (including phenoxy) is 1. The monoisotopic (exact) mass is 285 g/mol. The lowest BCUT2D eigenvalue weighted by molar-refractivity contribution is -0.732. The smallest absolute Gasteiger partial charge is 0.252 e. The highest BCUT2D eigenvalue weighted by atomic mass is 35.5. The van der Waals surface area contributed by atoms with E-state index in [1.807, 2.05) is 0 Å². The Morgan fingerprint density at radius 1 is 1.05 bits per heavy atom. The third-order valence-electron chi connectivity index (χ3n) is 3.14. The minimum atomic E-state index is 0. The Balaban J connectivity index is 0.00000324. The van der Waals surface area contributed by atoms with E-state index in [9.17, 15) is 0 Å². The van der Waals surface area contributed by atoms with Crippen molar-refractivity contribution >= 4 is 0 Å². The SMILES string of the molecule is CCCCCCOC[n+]1ccc(C(C)(C)C)cc1.[Cl-]. The normalized spacial score (nSPS) is 11.2. The van der Waals surface area contributed by atoms with Crippen molar-refractivity contribution < 1.29 is 21.7 Å². The summed E-state index contributed by atoms with van der Waals surface area (Å²) in [6.07, 6.45) is 9.26. The lowest BCUT2D eigenvalue weighted by Gasteiger charge is -2.17. The second-order valence-electron chi connectivity index (χ2n) is 5.95. The van der Waals surface area contributed by atoms with Crippen LogP contribution in [0, 0.1) is 0 Å². The lowest BCUT2D eigenvalue weighted by atomic mass is 9.88. The van der Waals surface area contributed by atoms with Gasteiger partial charge < -0.3 is 17.1 Å². The summed E-state index contributed by atoms with van der Waals surface area (Å²) >= 11 is 0. The Labute approximate surface area is 124 Å². The van der Waals surface area contributed by atoms with E-state index < -0.39 is 0 Å². The van der Waals surface area contributed by atoms with E-state index in [-0.39, 0.29) is 17.8 Å². The van der Waals surface area contributed by atoms with Crippen molar-refractivity contribution in [2.24, 2.45) is 0 Å². The summed E-state index contributed by atoms with van der Waals surface area (Å²) in [7, 11) is 0. The Morgan fingerprint density at radius 3 is 2.21 bits per heavy atom. The van der Waals surface area contributed by atoms with Crippen LogP contribution >= 0.6 is 0 Å². The maximum Gasteiger partial charge on any atom is 0.252 e. The second kappa shape index (κ2) is 9.33. The minimum Gasteiger partial charge on any atom is -1.00 e. The molecule has 1 heterocycles. The predicted molar refractivity (Wildman–Crippen MR) is 75.4 cm³/mol. The number of nitrogens with zero attached hydrogens (tertiary/aromatic N) is 1. The zero-order chi connectivity index (χ0) is 13.4. The first-order chi connectivity index (χ1) is 8.54. The standard InChI is InChI=1S/C16H28NO.ClH/c1-5-6-7-8-13-18-14-17-11-9-15(10-12-17)16(2,3)4;/h9-12H,5-8,13-14H2,1-4H3;1H/q+1;/p-1. The highest BCUT2D eigenvalue weighted by molar-refractivity contribution is 5.17. The average Bonchev–Trinajstić information content (AvgIpc) is 2.33. The Kier molecular flexibility index (Phi) is 9.03. The number of unbranched alkanes of at least 4 members (excludes halogenated alkanes) is 3. The van der Waals surface area contributed by atoms with Gasteiger partial charge in [-0.2, -0.15) is 4.57 Å². The lowest BCUT2D eigenvalue weighted by Crippen LogP contribution is -3.00. The third-order valence-corrected chi connectivity index (χ3v) is 3.14. The van der Waals surface area contributed by atoms with E-state index in [2.05, 4.69) is 56.8 Å². The van der Waals surface area contributed by atoms with Gasteiger partial charge in [0, 0.05) is 12.1 Å². The molecule has 0 unspecified atom stereocenters. The molecule has 0 saturated carbocycles. The van der Waals surface area contributed by atoms with E-state index in [1.165, 1.54) is 31.2 Å². The van der Waals surface area contributed by atoms with E-state index in [0.717, 1.165) is 6.61 Å². The molecule has 0 spiro atoms. The first-order valence-corrected chi connectivity index (χ1v) is 7.11.